The van der Waals surface area contributed by atoms with Crippen LogP contribution in [0.4, 0.5) is 10.5 Å². The number of anilines is 1. The van der Waals surface area contributed by atoms with Gasteiger partial charge in [0, 0.05) is 48.7 Å². The number of aryl methyl sites for hydroxylation is 2. The van der Waals surface area contributed by atoms with Gasteiger partial charge in [-0.25, -0.2) is 41.5 Å². The number of hydrogen-bond donors (Lipinski definition) is 3. The molecule has 0 bridgehead atoms. The zero-order valence-electron chi connectivity index (χ0n) is 42.8. The lowest BCUT2D eigenvalue weighted by molar-refractivity contribution is 0.256. The maximum absolute atomic E-state index is 12.9. The minimum atomic E-state index is -3.80. The molecule has 392 valence electrons. The van der Waals surface area contributed by atoms with Crippen LogP contribution >= 0.6 is 0 Å². The fourth-order valence-electron chi connectivity index (χ4n) is 9.13. The molecular weight excluding hydrogens is 977 g/mol. The summed E-state index contributed by atoms with van der Waals surface area (Å²) in [6.07, 6.45) is 12.0. The van der Waals surface area contributed by atoms with Gasteiger partial charge in [-0.15, -0.1) is 5.26 Å². The van der Waals surface area contributed by atoms with Crippen molar-refractivity contribution in [2.24, 2.45) is 5.14 Å². The van der Waals surface area contributed by atoms with Crippen LogP contribution in [0.2, 0.25) is 0 Å². The molecular formula is C56H68N8O8S2. The van der Waals surface area contributed by atoms with Crippen molar-refractivity contribution < 1.29 is 35.8 Å². The van der Waals surface area contributed by atoms with Crippen molar-refractivity contribution >= 4 is 31.8 Å². The molecule has 2 amide bonds. The van der Waals surface area contributed by atoms with Gasteiger partial charge in [0.05, 0.1) is 31.4 Å². The normalized spacial score (nSPS) is 12.6. The summed E-state index contributed by atoms with van der Waals surface area (Å²) in [5.74, 6) is 1.61. The van der Waals surface area contributed by atoms with E-state index in [1.54, 1.807) is 38.9 Å². The van der Waals surface area contributed by atoms with Crippen molar-refractivity contribution in [1.29, 1.82) is 5.26 Å². The number of fused-ring (bicyclic) bond motifs is 2. The average Bonchev–Trinajstić information content (AvgIpc) is 4.10. The number of methoxy groups -OCH3 is 2. The highest BCUT2D eigenvalue weighted by molar-refractivity contribution is 7.90. The predicted molar refractivity (Wildman–Crippen MR) is 291 cm³/mol. The number of nitrogens with zero attached hydrogens (tertiary/aromatic N) is 5. The first-order valence-corrected chi connectivity index (χ1v) is 28.3. The number of sulfonamides is 2. The van der Waals surface area contributed by atoms with E-state index in [1.807, 2.05) is 66.7 Å². The number of ether oxygens (including phenoxy) is 3. The van der Waals surface area contributed by atoms with E-state index in [2.05, 4.69) is 80.1 Å². The fourth-order valence-corrected chi connectivity index (χ4v) is 10.6. The number of primary sulfonamides is 1. The van der Waals surface area contributed by atoms with Gasteiger partial charge in [0.15, 0.2) is 5.75 Å². The van der Waals surface area contributed by atoms with E-state index in [0.717, 1.165) is 105 Å². The van der Waals surface area contributed by atoms with Crippen LogP contribution in [0.5, 0.6) is 17.5 Å². The van der Waals surface area contributed by atoms with E-state index in [9.17, 15) is 21.6 Å². The van der Waals surface area contributed by atoms with E-state index in [-0.39, 0.29) is 11.5 Å². The number of urea groups is 1. The highest BCUT2D eigenvalue weighted by Crippen LogP contribution is 2.40. The molecule has 0 atom stereocenters. The Labute approximate surface area is 437 Å². The Balaban J connectivity index is 0.000000202. The molecule has 4 aromatic carbocycles. The highest BCUT2D eigenvalue weighted by atomic mass is 32.2. The molecule has 18 heteroatoms. The molecule has 2 aliphatic carbocycles. The Kier molecular flexibility index (Phi) is 21.3. The van der Waals surface area contributed by atoms with Gasteiger partial charge in [-0.1, -0.05) is 98.8 Å². The lowest BCUT2D eigenvalue weighted by Crippen LogP contribution is -2.37. The highest BCUT2D eigenvalue weighted by Gasteiger charge is 2.24. The maximum Gasteiger partial charge on any atom is 0.332 e. The molecule has 4 N–H and O–H groups in total. The molecule has 16 nitrogen and oxygen atoms in total. The van der Waals surface area contributed by atoms with Crippen molar-refractivity contribution in [2.75, 3.05) is 57.2 Å². The molecule has 6 aromatic rings. The molecule has 0 radical (unpaired) electrons. The van der Waals surface area contributed by atoms with E-state index in [1.165, 1.54) is 22.3 Å². The Hall–Kier alpha value is -6.88. The molecule has 2 heterocycles. The Morgan fingerprint density at radius 1 is 0.676 bits per heavy atom. The van der Waals surface area contributed by atoms with E-state index < -0.39 is 26.1 Å². The smallest absolute Gasteiger partial charge is 0.332 e. The second kappa shape index (κ2) is 28.0. The average molecular weight is 1050 g/mol. The molecule has 0 unspecified atom stereocenters. The van der Waals surface area contributed by atoms with Crippen LogP contribution in [0, 0.1) is 11.5 Å². The van der Waals surface area contributed by atoms with Gasteiger partial charge in [0.25, 0.3) is 6.26 Å². The van der Waals surface area contributed by atoms with E-state index >= 15 is 0 Å². The topological polar surface area (TPSA) is 219 Å². The quantitative estimate of drug-likeness (QED) is 0.0574. The van der Waals surface area contributed by atoms with Crippen LogP contribution in [0.15, 0.2) is 122 Å². The third-order valence-electron chi connectivity index (χ3n) is 12.8. The summed E-state index contributed by atoms with van der Waals surface area (Å²) >= 11 is 0. The molecule has 2 aromatic heterocycles. The van der Waals surface area contributed by atoms with Crippen LogP contribution in [-0.2, 0) is 58.8 Å². The Morgan fingerprint density at radius 2 is 1.18 bits per heavy atom. The molecule has 0 saturated carbocycles. The maximum atomic E-state index is 12.9. The first kappa shape index (κ1) is 56.4. The zero-order valence-corrected chi connectivity index (χ0v) is 44.4. The third-order valence-corrected chi connectivity index (χ3v) is 15.0. The second-order valence-electron chi connectivity index (χ2n) is 17.9. The Bertz CT molecular complexity index is 3050. The number of nitrogens with two attached hydrogens (primary N) is 1. The number of benzene rings is 4. The Morgan fingerprint density at radius 3 is 1.69 bits per heavy atom. The molecule has 2 aliphatic rings. The number of hydrogen-bond acceptors (Lipinski definition) is 13. The molecule has 74 heavy (non-hydrogen) atoms. The standard InChI is InChI=1S/C28H34N4O4S.C16H14N2O2.C12H20N2O2S/c1-3-32(20-21-9-5-4-6-10-21)17-8-18-37(34,35)31-28(33)30-27-24-12-7-11-22(24)13-14-25(27)23-15-16-29-26(19-23)36-2;1-19-15-9-12(7-8-18-15)14-6-5-11-3-2-4-13(11)16(14)20-10-17;1-2-14(9-6-10-17(13,15)16)11-12-7-4-3-5-8-12/h4-6,9-10,13-16,19H,3,7-8,11-12,17-18,20H2,1-2H3,(H2,30,31,33);5-9H,2-4H2,1H3;3-5,7-8H,2,6,9-11H2,1H3,(H2,13,15,16). The molecule has 0 spiro atoms. The molecule has 8 rings (SSSR count). The fraction of sp³-hybridized carbons (Fsp3) is 0.357. The number of carbonyl (C=O) groups is 1. The van der Waals surface area contributed by atoms with Crippen LogP contribution < -0.4 is 29.4 Å². The number of pyridine rings is 2. The lowest BCUT2D eigenvalue weighted by atomic mass is 9.98. The zero-order chi connectivity index (χ0) is 52.9. The largest absolute Gasteiger partial charge is 0.481 e. The number of nitrogens with one attached hydrogen (secondary N) is 2. The monoisotopic (exact) mass is 1040 g/mol. The first-order valence-electron chi connectivity index (χ1n) is 24.9. The van der Waals surface area contributed by atoms with E-state index in [0.29, 0.717) is 42.6 Å². The van der Waals surface area contributed by atoms with Crippen LogP contribution in [0.3, 0.4) is 0 Å². The first-order chi connectivity index (χ1) is 35.7. The van der Waals surface area contributed by atoms with Gasteiger partial charge in [-0.05, 0) is 134 Å². The number of aromatic nitrogens is 2. The predicted octanol–water partition coefficient (Wildman–Crippen LogP) is 8.90. The molecule has 0 saturated heterocycles. The second-order valence-corrected chi connectivity index (χ2v) is 21.5. The van der Waals surface area contributed by atoms with Gasteiger partial charge in [-0.2, -0.15) is 0 Å². The summed E-state index contributed by atoms with van der Waals surface area (Å²) in [6, 6.07) is 35.0. The van der Waals surface area contributed by atoms with Crippen molar-refractivity contribution in [3.05, 3.63) is 155 Å². The summed E-state index contributed by atoms with van der Waals surface area (Å²) in [6.45, 7) is 8.81. The lowest BCUT2D eigenvalue weighted by Gasteiger charge is -2.20. The van der Waals surface area contributed by atoms with E-state index in [4.69, 9.17) is 24.6 Å². The van der Waals surface area contributed by atoms with Gasteiger partial charge >= 0.3 is 6.03 Å². The minimum Gasteiger partial charge on any atom is -0.481 e. The van der Waals surface area contributed by atoms with Gasteiger partial charge in [0.1, 0.15) is 0 Å². The summed E-state index contributed by atoms with van der Waals surface area (Å²) in [5, 5.41) is 16.7. The minimum absolute atomic E-state index is 0.0539. The summed E-state index contributed by atoms with van der Waals surface area (Å²) in [5.41, 5.74) is 11.2. The van der Waals surface area contributed by atoms with Gasteiger partial charge in [0.2, 0.25) is 31.8 Å². The summed E-state index contributed by atoms with van der Waals surface area (Å²) in [4.78, 5) is 25.5. The summed E-state index contributed by atoms with van der Waals surface area (Å²) in [7, 11) is -3.99. The van der Waals surface area contributed by atoms with Crippen LogP contribution in [-0.4, -0.2) is 94.5 Å². The number of amides is 2. The number of carbonyl (C=O) groups excluding carboxylic acids is 1. The molecule has 0 aliphatic heterocycles. The van der Waals surface area contributed by atoms with Crippen LogP contribution in [0.25, 0.3) is 22.3 Å². The van der Waals surface area contributed by atoms with Crippen molar-refractivity contribution in [1.82, 2.24) is 24.5 Å². The van der Waals surface area contributed by atoms with Crippen LogP contribution in [0.1, 0.15) is 72.9 Å². The third kappa shape index (κ3) is 17.1. The molecule has 0 fully saturated rings. The number of nitriles is 1. The number of rotatable bonds is 21. The van der Waals surface area contributed by atoms with Crippen molar-refractivity contribution in [3.8, 4) is 46.0 Å². The van der Waals surface area contributed by atoms with Crippen molar-refractivity contribution in [3.63, 3.8) is 0 Å². The SMILES string of the molecule is CCN(CCCS(=O)(=O)NC(=O)Nc1c(-c2ccnc(OC)c2)ccc2c1CCC2)Cc1ccccc1.CCN(CCCS(N)(=O)=O)Cc1ccccc1.COc1cc(-c2ccc3c(c2OC#N)CCC3)ccn1. The van der Waals surface area contributed by atoms with Gasteiger partial charge < -0.3 is 19.5 Å². The summed E-state index contributed by atoms with van der Waals surface area (Å²) < 4.78 is 64.9. The van der Waals surface area contributed by atoms with Gasteiger partial charge in [-0.3, -0.25) is 9.80 Å². The van der Waals surface area contributed by atoms with Crippen molar-refractivity contribution in [2.45, 2.75) is 78.3 Å².